The van der Waals surface area contributed by atoms with Crippen LogP contribution in [0, 0.1) is 29.1 Å². The molecule has 4 atom stereocenters. The molecule has 0 radical (unpaired) electrons. The van der Waals surface area contributed by atoms with E-state index < -0.39 is 35.5 Å². The van der Waals surface area contributed by atoms with Gasteiger partial charge in [-0.3, -0.25) is 9.59 Å². The van der Waals surface area contributed by atoms with Crippen LogP contribution in [0.5, 0.6) is 11.5 Å². The van der Waals surface area contributed by atoms with Crippen molar-refractivity contribution in [2.24, 2.45) is 34.8 Å². The molecule has 0 bridgehead atoms. The lowest BCUT2D eigenvalue weighted by molar-refractivity contribution is -0.130. The van der Waals surface area contributed by atoms with Crippen molar-refractivity contribution in [1.29, 1.82) is 0 Å². The van der Waals surface area contributed by atoms with Gasteiger partial charge in [-0.15, -0.1) is 0 Å². The lowest BCUT2D eigenvalue weighted by atomic mass is 9.80. The number of hydrogen-bond acceptors (Lipinski definition) is 8. The minimum atomic E-state index is -1.07. The van der Waals surface area contributed by atoms with Crippen molar-refractivity contribution in [3.05, 3.63) is 36.1 Å². The molecular weight excluding hydrogens is 578 g/mol. The number of nitrogens with two attached hydrogens (primary N) is 1. The monoisotopic (exact) mass is 635 g/mol. The van der Waals surface area contributed by atoms with Gasteiger partial charge in [0.15, 0.2) is 11.5 Å². The minimum absolute atomic E-state index is 0.0345. The summed E-state index contributed by atoms with van der Waals surface area (Å²) in [6.45, 7) is 17.6. The second-order valence-corrected chi connectivity index (χ2v) is 13.1. The molecule has 1 rings (SSSR count). The van der Waals surface area contributed by atoms with E-state index in [1.54, 1.807) is 35.0 Å². The first-order valence-electron chi connectivity index (χ1n) is 15.7. The summed E-state index contributed by atoms with van der Waals surface area (Å²) in [6.07, 6.45) is 0.0997. The highest BCUT2D eigenvalue weighted by Gasteiger charge is 2.34. The standard InChI is InChI=1S/C34H57N3O8/c1-21(2)25(16-24-12-13-29(43-10)30(17-24)44-15-11-14-42-9)18-27(37-33(41)45-23(5)6)28(38)19-26(22(3)4)31(39)36-20-34(7,8)32(35)40/h12-13,17,21-22,25-28,38H,5,11,14-16,18-20H2,1-4,6-10H3,(H2,35,40)(H,36,39)(H,37,41)/t25-,26-,27-,28-/m0/s1. The topological polar surface area (TPSA) is 158 Å². The van der Waals surface area contributed by atoms with Gasteiger partial charge in [0.2, 0.25) is 11.8 Å². The van der Waals surface area contributed by atoms with Crippen LogP contribution < -0.4 is 25.8 Å². The SMILES string of the molecule is C=C(C)OC(=O)N[C@@H](C[C@H](Cc1ccc(OC)c(OCCCOC)c1)C(C)C)[C@@H](O)C[C@H](C(=O)NCC(C)(C)C(N)=O)C(C)C. The van der Waals surface area contributed by atoms with E-state index in [-0.39, 0.29) is 42.4 Å². The maximum absolute atomic E-state index is 13.2. The van der Waals surface area contributed by atoms with Gasteiger partial charge in [-0.2, -0.15) is 0 Å². The zero-order valence-corrected chi connectivity index (χ0v) is 28.7. The molecule has 0 unspecified atom stereocenters. The molecule has 11 nitrogen and oxygen atoms in total. The van der Waals surface area contributed by atoms with Gasteiger partial charge in [0, 0.05) is 32.6 Å². The zero-order valence-electron chi connectivity index (χ0n) is 28.7. The molecule has 5 N–H and O–H groups in total. The van der Waals surface area contributed by atoms with Crippen molar-refractivity contribution < 1.29 is 38.4 Å². The van der Waals surface area contributed by atoms with Crippen molar-refractivity contribution in [3.8, 4) is 11.5 Å². The van der Waals surface area contributed by atoms with Crippen LogP contribution >= 0.6 is 0 Å². The fourth-order valence-corrected chi connectivity index (χ4v) is 4.85. The fraction of sp³-hybridized carbons (Fsp3) is 0.676. The predicted molar refractivity (Wildman–Crippen MR) is 175 cm³/mol. The first-order valence-corrected chi connectivity index (χ1v) is 15.7. The van der Waals surface area contributed by atoms with Gasteiger partial charge in [-0.25, -0.2) is 4.79 Å². The Balaban J connectivity index is 3.23. The molecule has 3 amide bonds. The number of aliphatic hydroxyl groups is 1. The number of amides is 3. The molecular formula is C34H57N3O8. The maximum Gasteiger partial charge on any atom is 0.412 e. The summed E-state index contributed by atoms with van der Waals surface area (Å²) in [6, 6.07) is 5.10. The molecule has 1 aromatic rings. The molecule has 0 aliphatic heterocycles. The van der Waals surface area contributed by atoms with Gasteiger partial charge in [-0.1, -0.05) is 40.3 Å². The molecule has 0 spiro atoms. The average Bonchev–Trinajstić information content (AvgIpc) is 2.95. The summed E-state index contributed by atoms with van der Waals surface area (Å²) in [7, 11) is 3.24. The lowest BCUT2D eigenvalue weighted by Crippen LogP contribution is -2.49. The predicted octanol–water partition coefficient (Wildman–Crippen LogP) is 4.59. The maximum atomic E-state index is 13.2. The minimum Gasteiger partial charge on any atom is -0.493 e. The highest BCUT2D eigenvalue weighted by atomic mass is 16.6. The van der Waals surface area contributed by atoms with Crippen LogP contribution in [0.3, 0.4) is 0 Å². The molecule has 0 saturated carbocycles. The van der Waals surface area contributed by atoms with Gasteiger partial charge < -0.3 is 40.4 Å². The van der Waals surface area contributed by atoms with Gasteiger partial charge in [0.1, 0.15) is 0 Å². The number of alkyl carbamates (subject to hydrolysis) is 1. The van der Waals surface area contributed by atoms with Crippen molar-refractivity contribution in [3.63, 3.8) is 0 Å². The van der Waals surface area contributed by atoms with Crippen LogP contribution in [0.15, 0.2) is 30.5 Å². The number of benzene rings is 1. The number of carbonyl (C=O) groups is 3. The molecule has 0 aromatic heterocycles. The molecule has 0 saturated heterocycles. The second-order valence-electron chi connectivity index (χ2n) is 13.1. The summed E-state index contributed by atoms with van der Waals surface area (Å²) in [5, 5.41) is 17.2. The Labute approximate surface area is 269 Å². The van der Waals surface area contributed by atoms with Gasteiger partial charge >= 0.3 is 6.09 Å². The van der Waals surface area contributed by atoms with E-state index in [2.05, 4.69) is 31.1 Å². The summed E-state index contributed by atoms with van der Waals surface area (Å²) < 4.78 is 21.7. The average molecular weight is 636 g/mol. The number of allylic oxidation sites excluding steroid dienone is 1. The molecule has 0 aliphatic carbocycles. The molecule has 0 fully saturated rings. The summed E-state index contributed by atoms with van der Waals surface area (Å²) in [4.78, 5) is 37.7. The smallest absolute Gasteiger partial charge is 0.412 e. The molecule has 0 aliphatic rings. The number of primary amides is 1. The van der Waals surface area contributed by atoms with E-state index >= 15 is 0 Å². The molecule has 256 valence electrons. The number of hydrogen-bond donors (Lipinski definition) is 4. The van der Waals surface area contributed by atoms with Crippen LogP contribution in [0.1, 0.15) is 73.3 Å². The van der Waals surface area contributed by atoms with Crippen LogP contribution in [0.2, 0.25) is 0 Å². The number of aliphatic hydroxyl groups excluding tert-OH is 1. The van der Waals surface area contributed by atoms with Crippen LogP contribution in [0.25, 0.3) is 0 Å². The summed E-state index contributed by atoms with van der Waals surface area (Å²) in [5.74, 6) is 0.187. The van der Waals surface area contributed by atoms with E-state index in [1.807, 2.05) is 32.0 Å². The fourth-order valence-electron chi connectivity index (χ4n) is 4.85. The number of ether oxygens (including phenoxy) is 4. The zero-order chi connectivity index (χ0) is 34.3. The van der Waals surface area contributed by atoms with E-state index in [4.69, 9.17) is 24.7 Å². The Morgan fingerprint density at radius 3 is 2.22 bits per heavy atom. The normalized spacial score (nSPS) is 14.3. The molecule has 1 aromatic carbocycles. The largest absolute Gasteiger partial charge is 0.493 e. The Kier molecular flexibility index (Phi) is 17.0. The Morgan fingerprint density at radius 1 is 1.02 bits per heavy atom. The molecule has 45 heavy (non-hydrogen) atoms. The van der Waals surface area contributed by atoms with Crippen molar-refractivity contribution in [2.75, 3.05) is 34.0 Å². The number of rotatable bonds is 21. The number of carbonyl (C=O) groups excluding carboxylic acids is 3. The van der Waals surface area contributed by atoms with Crippen molar-refractivity contribution in [2.45, 2.75) is 86.3 Å². The first kappa shape index (κ1) is 39.7. The van der Waals surface area contributed by atoms with Gasteiger partial charge in [0.25, 0.3) is 0 Å². The third kappa shape index (κ3) is 14.1. The third-order valence-electron chi connectivity index (χ3n) is 8.02. The highest BCUT2D eigenvalue weighted by Crippen LogP contribution is 2.32. The number of nitrogens with one attached hydrogen (secondary N) is 2. The van der Waals surface area contributed by atoms with Crippen LogP contribution in [-0.4, -0.2) is 69.1 Å². The van der Waals surface area contributed by atoms with E-state index in [0.29, 0.717) is 37.6 Å². The Hall–Kier alpha value is -3.31. The van der Waals surface area contributed by atoms with E-state index in [9.17, 15) is 19.5 Å². The van der Waals surface area contributed by atoms with E-state index in [1.165, 1.54) is 0 Å². The van der Waals surface area contributed by atoms with Crippen molar-refractivity contribution in [1.82, 2.24) is 10.6 Å². The third-order valence-corrected chi connectivity index (χ3v) is 8.02. The van der Waals surface area contributed by atoms with Crippen molar-refractivity contribution >= 4 is 17.9 Å². The van der Waals surface area contributed by atoms with Crippen LogP contribution in [-0.2, 0) is 25.5 Å². The quantitative estimate of drug-likeness (QED) is 0.113. The first-order chi connectivity index (χ1) is 21.0. The molecule has 11 heteroatoms. The lowest BCUT2D eigenvalue weighted by Gasteiger charge is -2.32. The number of methoxy groups -OCH3 is 2. The van der Waals surface area contributed by atoms with E-state index in [0.717, 1.165) is 12.0 Å². The summed E-state index contributed by atoms with van der Waals surface area (Å²) in [5.41, 5.74) is 5.56. The Morgan fingerprint density at radius 2 is 1.69 bits per heavy atom. The van der Waals surface area contributed by atoms with Gasteiger partial charge in [-0.05, 0) is 75.5 Å². The Bertz CT molecular complexity index is 1100. The van der Waals surface area contributed by atoms with Crippen LogP contribution in [0.4, 0.5) is 4.79 Å². The van der Waals surface area contributed by atoms with Gasteiger partial charge in [0.05, 0.1) is 37.0 Å². The molecule has 0 heterocycles. The highest BCUT2D eigenvalue weighted by molar-refractivity contribution is 5.83. The summed E-state index contributed by atoms with van der Waals surface area (Å²) >= 11 is 0. The second kappa shape index (κ2) is 19.3.